The molecule has 0 aliphatic heterocycles. The Labute approximate surface area is 363 Å². The number of hydrogen-bond acceptors (Lipinski definition) is 3. The first-order chi connectivity index (χ1) is 30.6. The van der Waals surface area contributed by atoms with Crippen molar-refractivity contribution in [3.8, 4) is 39.1 Å². The quantitative estimate of drug-likeness (QED) is 0.0955. The first-order valence-electron chi connectivity index (χ1n) is 20.9. The van der Waals surface area contributed by atoms with Gasteiger partial charge in [0.25, 0.3) is 0 Å². The highest BCUT2D eigenvalue weighted by Gasteiger charge is 2.21. The maximum atomic E-state index is 7.64. The van der Waals surface area contributed by atoms with Crippen LogP contribution in [0.5, 0.6) is 0 Å². The molecule has 298 valence electrons. The van der Waals surface area contributed by atoms with Crippen LogP contribution in [-0.2, 0) is 0 Å². The SMILES string of the molecule is C=C/C(=C\C=N)c1ccc(N(c2ccc(C(/C=C\N)=C/C)cc2)c2ccc(-n3c4cc(-c5ccccc5)ccc4c4cc(-c5ccccc5)cc(-c5ccccc5)c43)cc2)cc1. The normalized spacial score (nSPS) is 12.0. The summed E-state index contributed by atoms with van der Waals surface area (Å²) in [6, 6.07) is 69.6. The fraction of sp³-hybridized carbons (Fsp3) is 0.0172. The number of allylic oxidation sites excluding steroid dienone is 6. The third-order valence-corrected chi connectivity index (χ3v) is 11.5. The van der Waals surface area contributed by atoms with Gasteiger partial charge in [0.1, 0.15) is 0 Å². The molecule has 1 heterocycles. The Kier molecular flexibility index (Phi) is 11.1. The molecule has 9 aromatic rings. The number of nitrogens with zero attached hydrogens (tertiary/aromatic N) is 2. The standard InChI is InChI=1S/C58H46N4/c1-3-41(34-36-59)45-20-25-50(26-21-45)61(51-27-22-46(23-28-51)42(4-2)35-37-60)52-29-31-53(32-30-52)62-57-40-48(43-14-8-5-9-15-43)24-33-54(57)56-39-49(44-16-10-6-11-17-44)38-55(58(56)62)47-18-12-7-13-19-47/h3-40,59H,1,60H2,2H3/b37-35-,41-34+,42-4+,59-36?. The first kappa shape index (κ1) is 39.3. The van der Waals surface area contributed by atoms with Crippen molar-refractivity contribution in [2.24, 2.45) is 5.73 Å². The van der Waals surface area contributed by atoms with Gasteiger partial charge in [-0.05, 0) is 142 Å². The van der Waals surface area contributed by atoms with Crippen LogP contribution in [0.2, 0.25) is 0 Å². The minimum absolute atomic E-state index is 0.894. The molecular formula is C58H46N4. The van der Waals surface area contributed by atoms with Crippen molar-refractivity contribution in [3.63, 3.8) is 0 Å². The van der Waals surface area contributed by atoms with Crippen molar-refractivity contribution < 1.29 is 0 Å². The van der Waals surface area contributed by atoms with E-state index in [0.29, 0.717) is 0 Å². The molecule has 0 aliphatic rings. The Balaban J connectivity index is 1.25. The molecule has 9 rings (SSSR count). The van der Waals surface area contributed by atoms with E-state index in [4.69, 9.17) is 11.1 Å². The number of anilines is 3. The zero-order valence-corrected chi connectivity index (χ0v) is 34.6. The second-order valence-corrected chi connectivity index (χ2v) is 15.1. The average molecular weight is 799 g/mol. The molecule has 0 fully saturated rings. The highest BCUT2D eigenvalue weighted by molar-refractivity contribution is 6.16. The molecule has 1 aromatic heterocycles. The zero-order valence-electron chi connectivity index (χ0n) is 34.6. The van der Waals surface area contributed by atoms with Crippen molar-refractivity contribution in [1.29, 1.82) is 5.41 Å². The third-order valence-electron chi connectivity index (χ3n) is 11.5. The predicted molar refractivity (Wildman–Crippen MR) is 266 cm³/mol. The van der Waals surface area contributed by atoms with Gasteiger partial charge in [0, 0.05) is 45.3 Å². The number of aromatic nitrogens is 1. The van der Waals surface area contributed by atoms with E-state index in [1.165, 1.54) is 44.8 Å². The summed E-state index contributed by atoms with van der Waals surface area (Å²) in [5.74, 6) is 0. The minimum atomic E-state index is 0.894. The summed E-state index contributed by atoms with van der Waals surface area (Å²) in [6.45, 7) is 6.00. The molecule has 0 atom stereocenters. The summed E-state index contributed by atoms with van der Waals surface area (Å²) in [6.07, 6.45) is 10.4. The monoisotopic (exact) mass is 798 g/mol. The maximum absolute atomic E-state index is 7.64. The molecule has 0 unspecified atom stereocenters. The molecule has 0 spiro atoms. The first-order valence-corrected chi connectivity index (χ1v) is 20.9. The lowest BCUT2D eigenvalue weighted by molar-refractivity contribution is 1.17. The fourth-order valence-electron chi connectivity index (χ4n) is 8.50. The van der Waals surface area contributed by atoms with E-state index in [1.54, 1.807) is 18.4 Å². The molecule has 62 heavy (non-hydrogen) atoms. The molecule has 0 aliphatic carbocycles. The van der Waals surface area contributed by atoms with Crippen LogP contribution in [0.4, 0.5) is 17.1 Å². The van der Waals surface area contributed by atoms with E-state index in [1.807, 2.05) is 13.0 Å². The lowest BCUT2D eigenvalue weighted by atomic mass is 9.95. The Hall–Kier alpha value is -8.21. The van der Waals surface area contributed by atoms with E-state index in [9.17, 15) is 0 Å². The van der Waals surface area contributed by atoms with Crippen LogP contribution in [0, 0.1) is 5.41 Å². The van der Waals surface area contributed by atoms with Gasteiger partial charge in [-0.25, -0.2) is 0 Å². The van der Waals surface area contributed by atoms with Gasteiger partial charge in [-0.2, -0.15) is 0 Å². The van der Waals surface area contributed by atoms with Crippen molar-refractivity contribution in [3.05, 3.63) is 242 Å². The Morgan fingerprint density at radius 2 is 1.08 bits per heavy atom. The largest absolute Gasteiger partial charge is 0.405 e. The van der Waals surface area contributed by atoms with Crippen LogP contribution >= 0.6 is 0 Å². The molecule has 4 heteroatoms. The molecule has 0 saturated carbocycles. The lowest BCUT2D eigenvalue weighted by Gasteiger charge is -2.26. The van der Waals surface area contributed by atoms with Gasteiger partial charge in [0.2, 0.25) is 0 Å². The van der Waals surface area contributed by atoms with Crippen LogP contribution in [0.1, 0.15) is 18.1 Å². The molecule has 4 nitrogen and oxygen atoms in total. The molecule has 0 saturated heterocycles. The van der Waals surface area contributed by atoms with E-state index in [0.717, 1.165) is 61.6 Å². The molecule has 0 amide bonds. The van der Waals surface area contributed by atoms with Gasteiger partial charge in [-0.15, -0.1) is 0 Å². The Morgan fingerprint density at radius 1 is 0.548 bits per heavy atom. The summed E-state index contributed by atoms with van der Waals surface area (Å²) in [5.41, 5.74) is 23.3. The Bertz CT molecular complexity index is 3120. The summed E-state index contributed by atoms with van der Waals surface area (Å²) < 4.78 is 2.45. The van der Waals surface area contributed by atoms with Gasteiger partial charge in [0.15, 0.2) is 0 Å². The highest BCUT2D eigenvalue weighted by atomic mass is 15.1. The molecule has 3 N–H and O–H groups in total. The summed E-state index contributed by atoms with van der Waals surface area (Å²) in [7, 11) is 0. The summed E-state index contributed by atoms with van der Waals surface area (Å²) in [5, 5.41) is 10.0. The second kappa shape index (κ2) is 17.6. The fourth-order valence-corrected chi connectivity index (χ4v) is 8.50. The molecule has 0 bridgehead atoms. The number of fused-ring (bicyclic) bond motifs is 3. The van der Waals surface area contributed by atoms with Crippen LogP contribution in [0.3, 0.4) is 0 Å². The average Bonchev–Trinajstić information content (AvgIpc) is 3.67. The van der Waals surface area contributed by atoms with Crippen molar-refractivity contribution in [1.82, 2.24) is 4.57 Å². The predicted octanol–water partition coefficient (Wildman–Crippen LogP) is 15.3. The van der Waals surface area contributed by atoms with Gasteiger partial charge in [-0.1, -0.05) is 146 Å². The van der Waals surface area contributed by atoms with Crippen molar-refractivity contribution >= 4 is 56.2 Å². The van der Waals surface area contributed by atoms with Gasteiger partial charge >= 0.3 is 0 Å². The van der Waals surface area contributed by atoms with Crippen LogP contribution < -0.4 is 10.6 Å². The lowest BCUT2D eigenvalue weighted by Crippen LogP contribution is -2.10. The Morgan fingerprint density at radius 3 is 1.61 bits per heavy atom. The maximum Gasteiger partial charge on any atom is 0.0619 e. The number of hydrogen-bond donors (Lipinski definition) is 2. The topological polar surface area (TPSA) is 58.0 Å². The number of nitrogens with one attached hydrogen (secondary N) is 1. The molecular weight excluding hydrogens is 753 g/mol. The van der Waals surface area contributed by atoms with E-state index in [-0.39, 0.29) is 0 Å². The molecule has 8 aromatic carbocycles. The summed E-state index contributed by atoms with van der Waals surface area (Å²) in [4.78, 5) is 2.28. The van der Waals surface area contributed by atoms with Gasteiger partial charge < -0.3 is 20.6 Å². The smallest absolute Gasteiger partial charge is 0.0619 e. The number of rotatable bonds is 12. The van der Waals surface area contributed by atoms with E-state index in [2.05, 4.69) is 216 Å². The van der Waals surface area contributed by atoms with Crippen molar-refractivity contribution in [2.45, 2.75) is 6.92 Å². The zero-order chi connectivity index (χ0) is 42.4. The van der Waals surface area contributed by atoms with Crippen LogP contribution in [0.15, 0.2) is 231 Å². The van der Waals surface area contributed by atoms with Crippen LogP contribution in [-0.4, -0.2) is 10.8 Å². The molecule has 0 radical (unpaired) electrons. The van der Waals surface area contributed by atoms with E-state index >= 15 is 0 Å². The number of benzene rings is 8. The minimum Gasteiger partial charge on any atom is -0.405 e. The summed E-state index contributed by atoms with van der Waals surface area (Å²) >= 11 is 0. The second-order valence-electron chi connectivity index (χ2n) is 15.1. The number of nitrogens with two attached hydrogens (primary N) is 1. The third kappa shape index (κ3) is 7.58. The van der Waals surface area contributed by atoms with Crippen LogP contribution in [0.25, 0.3) is 72.0 Å². The van der Waals surface area contributed by atoms with E-state index < -0.39 is 0 Å². The highest BCUT2D eigenvalue weighted by Crippen LogP contribution is 2.43. The van der Waals surface area contributed by atoms with Gasteiger partial charge in [0.05, 0.1) is 11.0 Å². The van der Waals surface area contributed by atoms with Crippen molar-refractivity contribution in [2.75, 3.05) is 4.90 Å². The van der Waals surface area contributed by atoms with Gasteiger partial charge in [-0.3, -0.25) is 0 Å².